The van der Waals surface area contributed by atoms with E-state index in [4.69, 9.17) is 10.5 Å². The second-order valence-electron chi connectivity index (χ2n) is 8.00. The fourth-order valence-electron chi connectivity index (χ4n) is 2.93. The van der Waals surface area contributed by atoms with Crippen molar-refractivity contribution in [3.05, 3.63) is 29.8 Å². The molecule has 0 aliphatic carbocycles. The van der Waals surface area contributed by atoms with Crippen LogP contribution in [0.1, 0.15) is 31.1 Å². The van der Waals surface area contributed by atoms with Gasteiger partial charge in [-0.1, -0.05) is 20.8 Å². The Balaban J connectivity index is 0.00000392. The number of methoxy groups -OCH3 is 1. The SMILES string of the molecule is COc1ccc(C(=O)NCCN2CCN(C(=O)[C@@H](N)C(C)(C)C)CC2)cc1.Cl.Cl. The molecule has 2 amide bonds. The maximum atomic E-state index is 12.5. The lowest BCUT2D eigenvalue weighted by Crippen LogP contribution is -2.56. The normalized spacial score (nSPS) is 15.6. The van der Waals surface area contributed by atoms with Crippen molar-refractivity contribution < 1.29 is 14.3 Å². The molecule has 1 aromatic carbocycles. The highest BCUT2D eigenvalue weighted by Gasteiger charge is 2.32. The van der Waals surface area contributed by atoms with Crippen LogP contribution in [0.25, 0.3) is 0 Å². The Kier molecular flexibility index (Phi) is 11.6. The van der Waals surface area contributed by atoms with Crippen molar-refractivity contribution in [2.75, 3.05) is 46.4 Å². The fourth-order valence-corrected chi connectivity index (χ4v) is 2.93. The summed E-state index contributed by atoms with van der Waals surface area (Å²) in [5, 5.41) is 2.93. The number of nitrogens with two attached hydrogens (primary N) is 1. The maximum absolute atomic E-state index is 12.5. The topological polar surface area (TPSA) is 87.9 Å². The molecular weight excluding hydrogens is 415 g/mol. The zero-order valence-electron chi connectivity index (χ0n) is 17.6. The van der Waals surface area contributed by atoms with E-state index in [-0.39, 0.29) is 42.0 Å². The predicted molar refractivity (Wildman–Crippen MR) is 120 cm³/mol. The molecule has 1 atom stereocenters. The number of nitrogens with one attached hydrogen (secondary N) is 1. The van der Waals surface area contributed by atoms with Crippen LogP contribution in [-0.4, -0.2) is 74.0 Å². The molecule has 0 unspecified atom stereocenters. The first-order valence-corrected chi connectivity index (χ1v) is 9.41. The van der Waals surface area contributed by atoms with E-state index in [0.717, 1.165) is 25.4 Å². The number of ether oxygens (including phenoxy) is 1. The highest BCUT2D eigenvalue weighted by molar-refractivity contribution is 5.94. The summed E-state index contributed by atoms with van der Waals surface area (Å²) in [7, 11) is 1.60. The third-order valence-electron chi connectivity index (χ3n) is 4.95. The van der Waals surface area contributed by atoms with E-state index in [1.54, 1.807) is 31.4 Å². The number of hydrogen-bond donors (Lipinski definition) is 2. The molecule has 1 heterocycles. The summed E-state index contributed by atoms with van der Waals surface area (Å²) in [5.41, 5.74) is 6.46. The van der Waals surface area contributed by atoms with Gasteiger partial charge in [-0.25, -0.2) is 0 Å². The number of carbonyl (C=O) groups excluding carboxylic acids is 2. The Morgan fingerprint density at radius 3 is 2.14 bits per heavy atom. The van der Waals surface area contributed by atoms with E-state index >= 15 is 0 Å². The summed E-state index contributed by atoms with van der Waals surface area (Å²) in [5.74, 6) is 0.655. The molecule has 0 aromatic heterocycles. The van der Waals surface area contributed by atoms with Crippen molar-refractivity contribution in [3.8, 4) is 5.75 Å². The first-order valence-electron chi connectivity index (χ1n) is 9.41. The van der Waals surface area contributed by atoms with E-state index in [9.17, 15) is 9.59 Å². The first-order chi connectivity index (χ1) is 12.7. The number of rotatable bonds is 6. The number of carbonyl (C=O) groups is 2. The predicted octanol–water partition coefficient (Wildman–Crippen LogP) is 1.79. The minimum absolute atomic E-state index is 0. The van der Waals surface area contributed by atoms with E-state index in [1.807, 2.05) is 25.7 Å². The number of amides is 2. The molecule has 1 fully saturated rings. The monoisotopic (exact) mass is 448 g/mol. The van der Waals surface area contributed by atoms with E-state index < -0.39 is 6.04 Å². The average Bonchev–Trinajstić information content (AvgIpc) is 2.66. The third kappa shape index (κ3) is 8.01. The van der Waals surface area contributed by atoms with Gasteiger partial charge in [0.2, 0.25) is 5.91 Å². The summed E-state index contributed by atoms with van der Waals surface area (Å²) in [6.07, 6.45) is 0. The molecule has 0 saturated carbocycles. The molecule has 9 heteroatoms. The number of nitrogens with zero attached hydrogens (tertiary/aromatic N) is 2. The number of halogens is 2. The zero-order chi connectivity index (χ0) is 20.0. The largest absolute Gasteiger partial charge is 0.497 e. The minimum Gasteiger partial charge on any atom is -0.497 e. The third-order valence-corrected chi connectivity index (χ3v) is 4.95. The van der Waals surface area contributed by atoms with Crippen LogP contribution in [0.15, 0.2) is 24.3 Å². The molecule has 1 saturated heterocycles. The Morgan fingerprint density at radius 1 is 1.10 bits per heavy atom. The van der Waals surface area contributed by atoms with Gasteiger partial charge < -0.3 is 20.7 Å². The lowest BCUT2D eigenvalue weighted by atomic mass is 9.86. The van der Waals surface area contributed by atoms with Gasteiger partial charge in [0.15, 0.2) is 0 Å². The number of piperazine rings is 1. The molecule has 2 rings (SSSR count). The highest BCUT2D eigenvalue weighted by atomic mass is 35.5. The van der Waals surface area contributed by atoms with Gasteiger partial charge in [-0.15, -0.1) is 24.8 Å². The van der Waals surface area contributed by atoms with Crippen LogP contribution in [0.4, 0.5) is 0 Å². The number of hydrogen-bond acceptors (Lipinski definition) is 5. The van der Waals surface area contributed by atoms with Gasteiger partial charge in [-0.3, -0.25) is 14.5 Å². The van der Waals surface area contributed by atoms with Gasteiger partial charge in [0.05, 0.1) is 13.2 Å². The van der Waals surface area contributed by atoms with Crippen molar-refractivity contribution in [2.45, 2.75) is 26.8 Å². The molecule has 1 aliphatic heterocycles. The van der Waals surface area contributed by atoms with Gasteiger partial charge in [0.1, 0.15) is 5.75 Å². The molecule has 0 radical (unpaired) electrons. The Hall–Kier alpha value is -1.54. The molecule has 0 bridgehead atoms. The van der Waals surface area contributed by atoms with Crippen LogP contribution < -0.4 is 15.8 Å². The molecule has 29 heavy (non-hydrogen) atoms. The summed E-state index contributed by atoms with van der Waals surface area (Å²) in [4.78, 5) is 28.7. The van der Waals surface area contributed by atoms with Gasteiger partial charge in [0.25, 0.3) is 5.91 Å². The second-order valence-corrected chi connectivity index (χ2v) is 8.00. The van der Waals surface area contributed by atoms with Crippen LogP contribution in [0.5, 0.6) is 5.75 Å². The molecule has 166 valence electrons. The van der Waals surface area contributed by atoms with E-state index in [0.29, 0.717) is 25.2 Å². The quantitative estimate of drug-likeness (QED) is 0.692. The van der Waals surface area contributed by atoms with Crippen LogP contribution in [0, 0.1) is 5.41 Å². The molecule has 7 nitrogen and oxygen atoms in total. The van der Waals surface area contributed by atoms with Crippen LogP contribution in [0.3, 0.4) is 0 Å². The number of benzene rings is 1. The zero-order valence-corrected chi connectivity index (χ0v) is 19.3. The molecular formula is C20H34Cl2N4O3. The smallest absolute Gasteiger partial charge is 0.251 e. The van der Waals surface area contributed by atoms with Crippen molar-refractivity contribution >= 4 is 36.6 Å². The average molecular weight is 449 g/mol. The van der Waals surface area contributed by atoms with Crippen molar-refractivity contribution in [3.63, 3.8) is 0 Å². The van der Waals surface area contributed by atoms with Gasteiger partial charge >= 0.3 is 0 Å². The second kappa shape index (κ2) is 12.2. The van der Waals surface area contributed by atoms with Crippen LogP contribution in [-0.2, 0) is 4.79 Å². The summed E-state index contributed by atoms with van der Waals surface area (Å²) in [6, 6.07) is 6.56. The molecule has 0 spiro atoms. The van der Waals surface area contributed by atoms with E-state index in [1.165, 1.54) is 0 Å². The first kappa shape index (κ1) is 27.5. The Morgan fingerprint density at radius 2 is 1.66 bits per heavy atom. The van der Waals surface area contributed by atoms with Gasteiger partial charge in [0, 0.05) is 44.8 Å². The summed E-state index contributed by atoms with van der Waals surface area (Å²) >= 11 is 0. The lowest BCUT2D eigenvalue weighted by Gasteiger charge is -2.38. The highest BCUT2D eigenvalue weighted by Crippen LogP contribution is 2.19. The van der Waals surface area contributed by atoms with Gasteiger partial charge in [-0.2, -0.15) is 0 Å². The van der Waals surface area contributed by atoms with Gasteiger partial charge in [-0.05, 0) is 29.7 Å². The lowest BCUT2D eigenvalue weighted by molar-refractivity contribution is -0.136. The van der Waals surface area contributed by atoms with Crippen molar-refractivity contribution in [2.24, 2.45) is 11.1 Å². The fraction of sp³-hybridized carbons (Fsp3) is 0.600. The summed E-state index contributed by atoms with van der Waals surface area (Å²) < 4.78 is 5.09. The molecule has 3 N–H and O–H groups in total. The molecule has 1 aromatic rings. The summed E-state index contributed by atoms with van der Waals surface area (Å²) in [6.45, 7) is 10.2. The Labute approximate surface area is 186 Å². The van der Waals surface area contributed by atoms with Crippen LogP contribution in [0.2, 0.25) is 0 Å². The maximum Gasteiger partial charge on any atom is 0.251 e. The van der Waals surface area contributed by atoms with Crippen molar-refractivity contribution in [1.82, 2.24) is 15.1 Å². The minimum atomic E-state index is -0.479. The van der Waals surface area contributed by atoms with Crippen molar-refractivity contribution in [1.29, 1.82) is 0 Å². The van der Waals surface area contributed by atoms with E-state index in [2.05, 4.69) is 10.2 Å². The molecule has 1 aliphatic rings. The standard InChI is InChI=1S/C20H32N4O3.2ClH/c1-20(2,3)17(21)19(26)24-13-11-23(12-14-24)10-9-22-18(25)15-5-7-16(27-4)8-6-15;;/h5-8,17H,9-14,21H2,1-4H3,(H,22,25);2*1H/t17-;;/m1../s1. The Bertz CT molecular complexity index is 642. The van der Waals surface area contributed by atoms with Crippen LogP contribution >= 0.6 is 24.8 Å².